The number of rotatable bonds is 4. The van der Waals surface area contributed by atoms with E-state index in [9.17, 15) is 9.90 Å². The maximum Gasteiger partial charge on any atom is 0.254 e. The molecule has 7 heteroatoms. The van der Waals surface area contributed by atoms with Gasteiger partial charge in [-0.1, -0.05) is 6.92 Å². The summed E-state index contributed by atoms with van der Waals surface area (Å²) in [5.41, 5.74) is 4.26. The van der Waals surface area contributed by atoms with Crippen molar-refractivity contribution in [1.82, 2.24) is 9.97 Å². The summed E-state index contributed by atoms with van der Waals surface area (Å²) in [4.78, 5) is 20.0. The number of nitrogens with zero attached hydrogens (tertiary/aromatic N) is 2. The molecule has 0 bridgehead atoms. The summed E-state index contributed by atoms with van der Waals surface area (Å²) in [6, 6.07) is -0.0577. The van der Waals surface area contributed by atoms with Crippen LogP contribution in [0.3, 0.4) is 0 Å². The fourth-order valence-electron chi connectivity index (χ4n) is 2.63. The molecule has 5 N–H and O–H groups in total. The number of hydrogen-bond donors (Lipinski definition) is 4. The molecule has 0 aliphatic heterocycles. The van der Waals surface area contributed by atoms with E-state index in [2.05, 4.69) is 20.6 Å². The van der Waals surface area contributed by atoms with Crippen LogP contribution in [0.1, 0.15) is 61.4 Å². The average Bonchev–Trinajstić information content (AvgIpc) is 2.49. The van der Waals surface area contributed by atoms with Crippen molar-refractivity contribution in [3.8, 4) is 0 Å². The molecule has 1 aliphatic carbocycles. The van der Waals surface area contributed by atoms with E-state index in [1.165, 1.54) is 20.0 Å². The van der Waals surface area contributed by atoms with Gasteiger partial charge >= 0.3 is 0 Å². The van der Waals surface area contributed by atoms with Gasteiger partial charge in [-0.2, -0.15) is 4.98 Å². The number of primary amides is 1. The fraction of sp³-hybridized carbons (Fsp3) is 0.688. The lowest BCUT2D eigenvalue weighted by Crippen LogP contribution is -2.36. The molecular weight excluding hydrogens is 294 g/mol. The number of aromatic nitrogens is 2. The van der Waals surface area contributed by atoms with Crippen molar-refractivity contribution < 1.29 is 14.0 Å². The van der Waals surface area contributed by atoms with Gasteiger partial charge in [0.15, 0.2) is 0 Å². The van der Waals surface area contributed by atoms with Crippen molar-refractivity contribution in [3.05, 3.63) is 11.8 Å². The Morgan fingerprint density at radius 2 is 2.26 bits per heavy atom. The number of anilines is 2. The van der Waals surface area contributed by atoms with Gasteiger partial charge in [0, 0.05) is 21.9 Å². The summed E-state index contributed by atoms with van der Waals surface area (Å²) < 4.78 is 22.8. The quantitative estimate of drug-likeness (QED) is 0.671. The van der Waals surface area contributed by atoms with Gasteiger partial charge in [0.2, 0.25) is 5.95 Å². The molecule has 1 fully saturated rings. The minimum absolute atomic E-state index is 0.0577. The first-order valence-electron chi connectivity index (χ1n) is 9.30. The van der Waals surface area contributed by atoms with Crippen LogP contribution in [0.2, 0.25) is 0 Å². The number of aliphatic hydroxyl groups excluding tert-OH is 1. The maximum absolute atomic E-state index is 11.7. The number of carbonyl (C=O) groups excluding carboxylic acids is 1. The van der Waals surface area contributed by atoms with E-state index in [-0.39, 0.29) is 29.3 Å². The van der Waals surface area contributed by atoms with Crippen molar-refractivity contribution in [3.63, 3.8) is 0 Å². The van der Waals surface area contributed by atoms with Crippen molar-refractivity contribution in [2.75, 3.05) is 10.6 Å². The lowest BCUT2D eigenvalue weighted by Gasteiger charge is -2.32. The minimum atomic E-state index is -2.27. The van der Waals surface area contributed by atoms with Crippen LogP contribution in [0, 0.1) is 5.92 Å². The van der Waals surface area contributed by atoms with E-state index in [0.717, 1.165) is 12.8 Å². The summed E-state index contributed by atoms with van der Waals surface area (Å²) in [7, 11) is 0. The van der Waals surface area contributed by atoms with Crippen LogP contribution in [-0.2, 0) is 0 Å². The lowest BCUT2D eigenvalue weighted by atomic mass is 9.85. The Balaban J connectivity index is 2.25. The first-order valence-corrected chi connectivity index (χ1v) is 7.80. The number of hydrogen-bond acceptors (Lipinski definition) is 6. The van der Waals surface area contributed by atoms with Gasteiger partial charge in [0.25, 0.3) is 5.91 Å². The van der Waals surface area contributed by atoms with Crippen LogP contribution < -0.4 is 16.4 Å². The summed E-state index contributed by atoms with van der Waals surface area (Å²) >= 11 is 0. The molecule has 23 heavy (non-hydrogen) atoms. The second-order valence-corrected chi connectivity index (χ2v) is 6.77. The number of nitrogens with two attached hydrogens (primary N) is 1. The standard InChI is InChI=1S/C16H27N5O2/c1-9-5-6-10(7-12(9)22)19-14-11(13(17)23)8-18-15(20-14)21-16(2,3)4/h8-10,12,22H,5-7H2,1-4H3,(H2,17,23)(H2,18,19,20,21)/t9-,10-,12-/m1/s1/i2D3. The zero-order valence-electron chi connectivity index (χ0n) is 16.8. The van der Waals surface area contributed by atoms with Crippen LogP contribution >= 0.6 is 0 Å². The first kappa shape index (κ1) is 13.5. The Hall–Kier alpha value is -1.89. The third kappa shape index (κ3) is 4.79. The average molecular weight is 324 g/mol. The fourth-order valence-corrected chi connectivity index (χ4v) is 2.63. The second kappa shape index (κ2) is 6.70. The molecule has 1 aromatic heterocycles. The number of aliphatic hydroxyl groups is 1. The van der Waals surface area contributed by atoms with E-state index in [1.54, 1.807) is 0 Å². The Labute approximate surface area is 141 Å². The molecule has 3 atom stereocenters. The van der Waals surface area contributed by atoms with Crippen molar-refractivity contribution >= 4 is 17.7 Å². The van der Waals surface area contributed by atoms with Gasteiger partial charge in [-0.25, -0.2) is 4.98 Å². The Morgan fingerprint density at radius 1 is 1.52 bits per heavy atom. The highest BCUT2D eigenvalue weighted by atomic mass is 16.3. The van der Waals surface area contributed by atoms with E-state index in [4.69, 9.17) is 9.85 Å². The van der Waals surface area contributed by atoms with Gasteiger partial charge in [-0.05, 0) is 45.9 Å². The Morgan fingerprint density at radius 3 is 2.87 bits per heavy atom. The SMILES string of the molecule is [2H]C([2H])([2H])C(C)(C)Nc1ncc(C(N)=O)c(N[C@@H]2CC[C@@H](C)[C@H](O)C2)n1. The number of amides is 1. The molecule has 7 nitrogen and oxygen atoms in total. The highest BCUT2D eigenvalue weighted by Crippen LogP contribution is 2.27. The molecule has 0 spiro atoms. The highest BCUT2D eigenvalue weighted by Gasteiger charge is 2.27. The molecule has 1 saturated carbocycles. The molecule has 0 radical (unpaired) electrons. The molecule has 128 valence electrons. The van der Waals surface area contributed by atoms with E-state index in [0.29, 0.717) is 6.42 Å². The first-order chi connectivity index (χ1) is 11.9. The molecular formula is C16H27N5O2. The monoisotopic (exact) mass is 324 g/mol. The van der Waals surface area contributed by atoms with Crippen molar-refractivity contribution in [2.45, 2.75) is 64.6 Å². The maximum atomic E-state index is 11.7. The third-order valence-corrected chi connectivity index (χ3v) is 3.97. The van der Waals surface area contributed by atoms with Gasteiger partial charge < -0.3 is 21.5 Å². The predicted molar refractivity (Wildman–Crippen MR) is 90.4 cm³/mol. The zero-order valence-corrected chi connectivity index (χ0v) is 13.8. The van der Waals surface area contributed by atoms with Gasteiger partial charge in [0.1, 0.15) is 5.82 Å². The molecule has 0 aromatic carbocycles. The molecule has 1 aromatic rings. The molecule has 2 rings (SSSR count). The Kier molecular flexibility index (Phi) is 3.94. The Bertz CT molecular complexity index is 666. The molecule has 1 amide bonds. The largest absolute Gasteiger partial charge is 0.393 e. The third-order valence-electron chi connectivity index (χ3n) is 3.97. The normalized spacial score (nSPS) is 27.5. The van der Waals surface area contributed by atoms with Gasteiger partial charge in [-0.15, -0.1) is 0 Å². The van der Waals surface area contributed by atoms with Crippen LogP contribution in [0.25, 0.3) is 0 Å². The lowest BCUT2D eigenvalue weighted by molar-refractivity contribution is 0.0739. The zero-order chi connectivity index (χ0) is 19.7. The molecule has 0 unspecified atom stereocenters. The highest BCUT2D eigenvalue weighted by molar-refractivity contribution is 5.97. The van der Waals surface area contributed by atoms with E-state index in [1.807, 2.05) is 6.92 Å². The van der Waals surface area contributed by atoms with Crippen molar-refractivity contribution in [1.29, 1.82) is 0 Å². The van der Waals surface area contributed by atoms with Gasteiger partial charge in [-0.3, -0.25) is 4.79 Å². The van der Waals surface area contributed by atoms with Crippen LogP contribution in [-0.4, -0.2) is 38.7 Å². The van der Waals surface area contributed by atoms with Crippen LogP contribution in [0.15, 0.2) is 6.20 Å². The number of carbonyl (C=O) groups is 1. The van der Waals surface area contributed by atoms with Crippen LogP contribution in [0.4, 0.5) is 11.8 Å². The second-order valence-electron chi connectivity index (χ2n) is 6.77. The predicted octanol–water partition coefficient (Wildman–Crippen LogP) is 1.75. The minimum Gasteiger partial charge on any atom is -0.393 e. The molecule has 1 aliphatic rings. The summed E-state index contributed by atoms with van der Waals surface area (Å²) in [6.07, 6.45) is 3.06. The summed E-state index contributed by atoms with van der Waals surface area (Å²) in [5.74, 6) is -0.128. The topological polar surface area (TPSA) is 113 Å². The van der Waals surface area contributed by atoms with E-state index >= 15 is 0 Å². The summed E-state index contributed by atoms with van der Waals surface area (Å²) in [6.45, 7) is 2.78. The number of nitrogens with one attached hydrogen (secondary N) is 2. The van der Waals surface area contributed by atoms with Gasteiger partial charge in [0.05, 0.1) is 11.7 Å². The van der Waals surface area contributed by atoms with Crippen molar-refractivity contribution in [2.24, 2.45) is 11.7 Å². The summed E-state index contributed by atoms with van der Waals surface area (Å²) in [5, 5.41) is 16.0. The van der Waals surface area contributed by atoms with E-state index < -0.39 is 24.4 Å². The molecule has 0 saturated heterocycles. The van der Waals surface area contributed by atoms with Crippen LogP contribution in [0.5, 0.6) is 0 Å². The molecule has 1 heterocycles. The smallest absolute Gasteiger partial charge is 0.254 e.